The summed E-state index contributed by atoms with van der Waals surface area (Å²) in [6.07, 6.45) is 0. The van der Waals surface area contributed by atoms with Crippen LogP contribution in [-0.2, 0) is 35.3 Å². The van der Waals surface area contributed by atoms with E-state index < -0.39 is 10.1 Å². The molecule has 12 heavy (non-hydrogen) atoms. The van der Waals surface area contributed by atoms with Gasteiger partial charge in [0.2, 0.25) is 0 Å². The number of benzene rings is 1. The van der Waals surface area contributed by atoms with Crippen molar-refractivity contribution >= 4 is 10.1 Å². The van der Waals surface area contributed by atoms with E-state index in [1.807, 2.05) is 0 Å². The summed E-state index contributed by atoms with van der Waals surface area (Å²) < 4.78 is 29.2. The molecule has 0 unspecified atom stereocenters. The average molecular weight is 238 g/mol. The van der Waals surface area contributed by atoms with E-state index in [1.54, 1.807) is 30.3 Å². The van der Waals surface area contributed by atoms with Gasteiger partial charge in [0.05, 0.1) is 0 Å². The van der Waals surface area contributed by atoms with Gasteiger partial charge in [-0.2, -0.15) is 8.42 Å². The maximum absolute atomic E-state index is 10.4. The van der Waals surface area contributed by atoms with Gasteiger partial charge in [0.1, 0.15) is 5.75 Å². The monoisotopic (exact) mass is 236 g/mol. The fraction of sp³-hybridized carbons (Fsp3) is 0.143. The third-order valence-corrected chi connectivity index (χ3v) is 1.89. The summed E-state index contributed by atoms with van der Waals surface area (Å²) in [5, 5.41) is 0. The standard InChI is InChI=1S/C7H8O3S.Zn/c8-11(9,10)6-7-4-2-1-3-5-7;/h1-5H,6H2,(H,8,9,10);. The molecule has 1 aromatic carbocycles. The van der Waals surface area contributed by atoms with Gasteiger partial charge >= 0.3 is 0 Å². The van der Waals surface area contributed by atoms with E-state index in [4.69, 9.17) is 4.55 Å². The van der Waals surface area contributed by atoms with Crippen molar-refractivity contribution in [3.63, 3.8) is 0 Å². The van der Waals surface area contributed by atoms with Crippen LogP contribution < -0.4 is 0 Å². The number of hydrogen-bond donors (Lipinski definition) is 1. The van der Waals surface area contributed by atoms with E-state index in [9.17, 15) is 8.42 Å². The zero-order chi connectivity index (χ0) is 8.32. The average Bonchev–Trinajstić information content (AvgIpc) is 1.85. The van der Waals surface area contributed by atoms with E-state index in [2.05, 4.69) is 0 Å². The van der Waals surface area contributed by atoms with Crippen molar-refractivity contribution in [3.05, 3.63) is 35.9 Å². The molecule has 1 rings (SSSR count). The maximum Gasteiger partial charge on any atom is 0.269 e. The molecule has 0 spiro atoms. The van der Waals surface area contributed by atoms with Crippen LogP contribution in [0.3, 0.4) is 0 Å². The topological polar surface area (TPSA) is 54.4 Å². The molecule has 0 atom stereocenters. The quantitative estimate of drug-likeness (QED) is 0.618. The van der Waals surface area contributed by atoms with Gasteiger partial charge in [-0.3, -0.25) is 4.55 Å². The van der Waals surface area contributed by atoms with E-state index >= 15 is 0 Å². The smallest absolute Gasteiger partial charge is 0.269 e. The fourth-order valence-corrected chi connectivity index (χ4v) is 1.40. The largest absolute Gasteiger partial charge is 0.285 e. The van der Waals surface area contributed by atoms with Gasteiger partial charge in [0, 0.05) is 19.5 Å². The SMILES string of the molecule is O=S(=O)(O)Cc1ccccc1.[Zn]. The van der Waals surface area contributed by atoms with Crippen LogP contribution in [-0.4, -0.2) is 13.0 Å². The molecule has 0 aromatic heterocycles. The predicted octanol–water partition coefficient (Wildman–Crippen LogP) is 1.07. The van der Waals surface area contributed by atoms with Crippen LogP contribution in [0.2, 0.25) is 0 Å². The minimum atomic E-state index is -3.88. The van der Waals surface area contributed by atoms with Gasteiger partial charge < -0.3 is 0 Å². The molecule has 1 N–H and O–H groups in total. The Morgan fingerprint density at radius 1 is 1.17 bits per heavy atom. The molecule has 0 saturated carbocycles. The molecular formula is C7H8O3SZn. The van der Waals surface area contributed by atoms with Crippen LogP contribution >= 0.6 is 0 Å². The first kappa shape index (κ1) is 11.8. The fourth-order valence-electron chi connectivity index (χ4n) is 0.785. The second-order valence-corrected chi connectivity index (χ2v) is 3.66. The van der Waals surface area contributed by atoms with Gasteiger partial charge in [-0.1, -0.05) is 30.3 Å². The summed E-state index contributed by atoms with van der Waals surface area (Å²) in [4.78, 5) is 0. The molecule has 0 aliphatic carbocycles. The molecule has 0 aliphatic heterocycles. The predicted molar refractivity (Wildman–Crippen MR) is 41.7 cm³/mol. The molecule has 0 radical (unpaired) electrons. The van der Waals surface area contributed by atoms with Gasteiger partial charge in [0.25, 0.3) is 10.1 Å². The summed E-state index contributed by atoms with van der Waals surface area (Å²) in [5.41, 5.74) is 0.593. The van der Waals surface area contributed by atoms with Gasteiger partial charge in [-0.25, -0.2) is 0 Å². The zero-order valence-corrected chi connectivity index (χ0v) is 10.3. The Morgan fingerprint density at radius 3 is 2.08 bits per heavy atom. The molecule has 3 nitrogen and oxygen atoms in total. The minimum absolute atomic E-state index is 0. The minimum Gasteiger partial charge on any atom is -0.285 e. The first-order valence-electron chi connectivity index (χ1n) is 3.07. The van der Waals surface area contributed by atoms with Crippen molar-refractivity contribution in [3.8, 4) is 0 Å². The molecule has 0 saturated heterocycles. The first-order valence-corrected chi connectivity index (χ1v) is 4.68. The van der Waals surface area contributed by atoms with Crippen LogP contribution in [0.4, 0.5) is 0 Å². The van der Waals surface area contributed by atoms with E-state index in [1.165, 1.54) is 0 Å². The second-order valence-electron chi connectivity index (χ2n) is 2.21. The molecule has 0 fully saturated rings. The van der Waals surface area contributed by atoms with Gasteiger partial charge in [-0.15, -0.1) is 0 Å². The molecule has 5 heteroatoms. The zero-order valence-electron chi connectivity index (χ0n) is 6.47. The Morgan fingerprint density at radius 2 is 1.67 bits per heavy atom. The van der Waals surface area contributed by atoms with E-state index in [0.29, 0.717) is 5.56 Å². The van der Waals surface area contributed by atoms with Crippen molar-refractivity contribution < 1.29 is 32.4 Å². The maximum atomic E-state index is 10.4. The molecular weight excluding hydrogens is 230 g/mol. The Kier molecular flexibility index (Phi) is 4.60. The van der Waals surface area contributed by atoms with Crippen molar-refractivity contribution in [2.24, 2.45) is 0 Å². The van der Waals surface area contributed by atoms with Crippen molar-refractivity contribution in [2.75, 3.05) is 0 Å². The third kappa shape index (κ3) is 4.59. The van der Waals surface area contributed by atoms with Crippen molar-refractivity contribution in [1.29, 1.82) is 0 Å². The van der Waals surface area contributed by atoms with Crippen LogP contribution in [0.5, 0.6) is 0 Å². The van der Waals surface area contributed by atoms with Crippen molar-refractivity contribution in [1.82, 2.24) is 0 Å². The molecule has 0 aliphatic rings. The Balaban J connectivity index is 0.00000121. The molecule has 1 aromatic rings. The molecule has 0 heterocycles. The Labute approximate surface area is 84.3 Å². The van der Waals surface area contributed by atoms with Crippen LogP contribution in [0, 0.1) is 0 Å². The van der Waals surface area contributed by atoms with Crippen LogP contribution in [0.15, 0.2) is 30.3 Å². The summed E-state index contributed by atoms with van der Waals surface area (Å²) in [6.45, 7) is 0. The second kappa shape index (κ2) is 4.70. The summed E-state index contributed by atoms with van der Waals surface area (Å²) in [6, 6.07) is 8.52. The summed E-state index contributed by atoms with van der Waals surface area (Å²) in [7, 11) is -3.88. The van der Waals surface area contributed by atoms with Crippen molar-refractivity contribution in [2.45, 2.75) is 5.75 Å². The third-order valence-electron chi connectivity index (χ3n) is 1.19. The molecule has 0 amide bonds. The van der Waals surface area contributed by atoms with Gasteiger partial charge in [-0.05, 0) is 5.56 Å². The van der Waals surface area contributed by atoms with Crippen LogP contribution in [0.1, 0.15) is 5.56 Å². The molecule has 62 valence electrons. The van der Waals surface area contributed by atoms with Gasteiger partial charge in [0.15, 0.2) is 0 Å². The Hall–Kier alpha value is -0.247. The summed E-state index contributed by atoms with van der Waals surface area (Å²) >= 11 is 0. The van der Waals surface area contributed by atoms with Crippen LogP contribution in [0.25, 0.3) is 0 Å². The van der Waals surface area contributed by atoms with E-state index in [-0.39, 0.29) is 25.2 Å². The number of hydrogen-bond acceptors (Lipinski definition) is 2. The Bertz CT molecular complexity index is 320. The van der Waals surface area contributed by atoms with E-state index in [0.717, 1.165) is 0 Å². The normalized spacial score (nSPS) is 10.4. The summed E-state index contributed by atoms with van der Waals surface area (Å²) in [5.74, 6) is -0.312. The first-order chi connectivity index (χ1) is 5.08. The molecule has 0 bridgehead atoms. The number of rotatable bonds is 2.